The molecule has 0 fully saturated rings. The van der Waals surface area contributed by atoms with Gasteiger partial charge in [0, 0.05) is 32.2 Å². The molecule has 0 bridgehead atoms. The van der Waals surface area contributed by atoms with E-state index in [1.807, 2.05) is 0 Å². The topological polar surface area (TPSA) is 56.5 Å². The fourth-order valence-corrected chi connectivity index (χ4v) is 3.39. The third-order valence-electron chi connectivity index (χ3n) is 4.74. The molecule has 0 aromatic carbocycles. The lowest BCUT2D eigenvalue weighted by atomic mass is 9.88. The summed E-state index contributed by atoms with van der Waals surface area (Å²) in [6.45, 7) is 12.6. The first-order valence-corrected chi connectivity index (χ1v) is 10.3. The first kappa shape index (κ1) is 23.8. The molecular weight excluding hydrogens is 300 g/mol. The minimum Gasteiger partial charge on any atom is -0.350 e. The van der Waals surface area contributed by atoms with Gasteiger partial charge in [0.25, 0.3) is 0 Å². The molecule has 4 heteroatoms. The summed E-state index contributed by atoms with van der Waals surface area (Å²) < 4.78 is 12.1. The number of hydrogen-bond acceptors (Lipinski definition) is 4. The lowest BCUT2D eigenvalue weighted by Crippen LogP contribution is -2.41. The second-order valence-electron chi connectivity index (χ2n) is 6.82. The average Bonchev–Trinajstić information content (AvgIpc) is 2.56. The Hall–Kier alpha value is -0.160. The van der Waals surface area contributed by atoms with Gasteiger partial charge in [0.15, 0.2) is 5.79 Å². The SMILES string of the molecule is CCCCCCCCC(CCCNCCN)C(C)(OCC)OCC. The van der Waals surface area contributed by atoms with Crippen LogP contribution >= 0.6 is 0 Å². The highest BCUT2D eigenvalue weighted by molar-refractivity contribution is 4.76. The van der Waals surface area contributed by atoms with Gasteiger partial charge in [-0.2, -0.15) is 0 Å². The van der Waals surface area contributed by atoms with Crippen LogP contribution in [0.4, 0.5) is 0 Å². The van der Waals surface area contributed by atoms with Crippen LogP contribution in [0.5, 0.6) is 0 Å². The molecule has 4 nitrogen and oxygen atoms in total. The van der Waals surface area contributed by atoms with E-state index in [9.17, 15) is 0 Å². The maximum absolute atomic E-state index is 6.04. The summed E-state index contributed by atoms with van der Waals surface area (Å²) in [7, 11) is 0. The molecule has 0 saturated heterocycles. The third-order valence-corrected chi connectivity index (χ3v) is 4.74. The normalized spacial score (nSPS) is 13.4. The maximum Gasteiger partial charge on any atom is 0.168 e. The van der Waals surface area contributed by atoms with Crippen molar-refractivity contribution in [1.82, 2.24) is 5.32 Å². The number of nitrogens with one attached hydrogen (secondary N) is 1. The highest BCUT2D eigenvalue weighted by Gasteiger charge is 2.34. The van der Waals surface area contributed by atoms with Gasteiger partial charge >= 0.3 is 0 Å². The summed E-state index contributed by atoms with van der Waals surface area (Å²) in [5.41, 5.74) is 5.53. The van der Waals surface area contributed by atoms with Gasteiger partial charge in [-0.1, -0.05) is 45.4 Å². The van der Waals surface area contributed by atoms with Crippen molar-refractivity contribution in [2.75, 3.05) is 32.8 Å². The molecule has 24 heavy (non-hydrogen) atoms. The zero-order chi connectivity index (χ0) is 18.1. The zero-order valence-electron chi connectivity index (χ0n) is 16.9. The van der Waals surface area contributed by atoms with E-state index < -0.39 is 5.79 Å². The van der Waals surface area contributed by atoms with Crippen LogP contribution in [0.1, 0.15) is 85.5 Å². The standard InChI is InChI=1S/C20H44N2O2/c1-5-8-9-10-11-12-14-19(15-13-17-22-18-16-21)20(4,23-6-2)24-7-3/h19,22H,5-18,21H2,1-4H3. The largest absolute Gasteiger partial charge is 0.350 e. The summed E-state index contributed by atoms with van der Waals surface area (Å²) in [5.74, 6) is 0.0177. The molecule has 0 rings (SSSR count). The van der Waals surface area contributed by atoms with Gasteiger partial charge in [0.1, 0.15) is 0 Å². The van der Waals surface area contributed by atoms with Crippen molar-refractivity contribution in [3.05, 3.63) is 0 Å². The molecule has 0 aromatic rings. The minimum atomic E-state index is -0.444. The predicted molar refractivity (Wildman–Crippen MR) is 104 cm³/mol. The van der Waals surface area contributed by atoms with E-state index in [0.717, 1.165) is 25.9 Å². The molecule has 0 heterocycles. The first-order chi connectivity index (χ1) is 11.6. The van der Waals surface area contributed by atoms with E-state index in [1.54, 1.807) is 0 Å². The van der Waals surface area contributed by atoms with Gasteiger partial charge in [0.2, 0.25) is 0 Å². The molecule has 0 radical (unpaired) electrons. The second-order valence-corrected chi connectivity index (χ2v) is 6.82. The molecule has 1 unspecified atom stereocenters. The van der Waals surface area contributed by atoms with E-state index in [0.29, 0.717) is 25.7 Å². The van der Waals surface area contributed by atoms with Crippen molar-refractivity contribution in [3.8, 4) is 0 Å². The zero-order valence-corrected chi connectivity index (χ0v) is 16.9. The lowest BCUT2D eigenvalue weighted by Gasteiger charge is -2.37. The third kappa shape index (κ3) is 11.4. The number of hydrogen-bond donors (Lipinski definition) is 2. The molecule has 0 spiro atoms. The van der Waals surface area contributed by atoms with E-state index in [1.165, 1.54) is 44.9 Å². The average molecular weight is 345 g/mol. The highest BCUT2D eigenvalue weighted by Crippen LogP contribution is 2.32. The van der Waals surface area contributed by atoms with Gasteiger partial charge < -0.3 is 20.5 Å². The fourth-order valence-electron chi connectivity index (χ4n) is 3.39. The van der Waals surface area contributed by atoms with Gasteiger partial charge in [-0.25, -0.2) is 0 Å². The highest BCUT2D eigenvalue weighted by atomic mass is 16.7. The molecular formula is C20H44N2O2. The smallest absolute Gasteiger partial charge is 0.168 e. The summed E-state index contributed by atoms with van der Waals surface area (Å²) in [5, 5.41) is 3.39. The van der Waals surface area contributed by atoms with E-state index >= 15 is 0 Å². The van der Waals surface area contributed by atoms with Crippen molar-refractivity contribution in [2.24, 2.45) is 11.7 Å². The first-order valence-electron chi connectivity index (χ1n) is 10.3. The van der Waals surface area contributed by atoms with Crippen LogP contribution in [0.3, 0.4) is 0 Å². The van der Waals surface area contributed by atoms with Crippen LogP contribution in [0.2, 0.25) is 0 Å². The van der Waals surface area contributed by atoms with E-state index in [4.69, 9.17) is 15.2 Å². The quantitative estimate of drug-likeness (QED) is 0.284. The number of ether oxygens (including phenoxy) is 2. The molecule has 1 atom stereocenters. The Balaban J connectivity index is 4.39. The van der Waals surface area contributed by atoms with Crippen LogP contribution in [-0.2, 0) is 9.47 Å². The minimum absolute atomic E-state index is 0.444. The van der Waals surface area contributed by atoms with Gasteiger partial charge in [-0.15, -0.1) is 0 Å². The van der Waals surface area contributed by atoms with Crippen LogP contribution < -0.4 is 11.1 Å². The van der Waals surface area contributed by atoms with Gasteiger partial charge in [0.05, 0.1) is 0 Å². The summed E-state index contributed by atoms with van der Waals surface area (Å²) >= 11 is 0. The Morgan fingerprint density at radius 3 is 2.00 bits per heavy atom. The monoisotopic (exact) mass is 344 g/mol. The van der Waals surface area contributed by atoms with Gasteiger partial charge in [-0.3, -0.25) is 0 Å². The van der Waals surface area contributed by atoms with Crippen LogP contribution in [0.25, 0.3) is 0 Å². The molecule has 146 valence electrons. The Morgan fingerprint density at radius 1 is 0.833 bits per heavy atom. The number of rotatable bonds is 18. The van der Waals surface area contributed by atoms with Crippen LogP contribution in [-0.4, -0.2) is 38.6 Å². The van der Waals surface area contributed by atoms with Crippen LogP contribution in [0.15, 0.2) is 0 Å². The van der Waals surface area contributed by atoms with Crippen molar-refractivity contribution >= 4 is 0 Å². The summed E-state index contributed by atoms with van der Waals surface area (Å²) in [6, 6.07) is 0. The Morgan fingerprint density at radius 2 is 1.42 bits per heavy atom. The Kier molecular flexibility index (Phi) is 16.2. The van der Waals surface area contributed by atoms with Crippen molar-refractivity contribution in [3.63, 3.8) is 0 Å². The molecule has 0 saturated carbocycles. The summed E-state index contributed by atoms with van der Waals surface area (Å²) in [6.07, 6.45) is 11.5. The Labute approximate surface area is 151 Å². The maximum atomic E-state index is 6.04. The predicted octanol–water partition coefficient (Wildman–Crippen LogP) is 4.47. The fraction of sp³-hybridized carbons (Fsp3) is 1.00. The summed E-state index contributed by atoms with van der Waals surface area (Å²) in [4.78, 5) is 0. The van der Waals surface area contributed by atoms with Crippen molar-refractivity contribution in [1.29, 1.82) is 0 Å². The van der Waals surface area contributed by atoms with Gasteiger partial charge in [-0.05, 0) is 46.6 Å². The van der Waals surface area contributed by atoms with Crippen molar-refractivity contribution < 1.29 is 9.47 Å². The Bertz CT molecular complexity index is 256. The van der Waals surface area contributed by atoms with E-state index in [-0.39, 0.29) is 0 Å². The molecule has 0 aliphatic heterocycles. The molecule has 0 aromatic heterocycles. The number of nitrogens with two attached hydrogens (primary N) is 1. The molecule has 0 aliphatic rings. The molecule has 0 aliphatic carbocycles. The molecule has 0 amide bonds. The van der Waals surface area contributed by atoms with E-state index in [2.05, 4.69) is 33.0 Å². The lowest BCUT2D eigenvalue weighted by molar-refractivity contribution is -0.254. The van der Waals surface area contributed by atoms with Crippen molar-refractivity contribution in [2.45, 2.75) is 91.3 Å². The van der Waals surface area contributed by atoms with Crippen LogP contribution in [0, 0.1) is 5.92 Å². The molecule has 3 N–H and O–H groups in total. The second kappa shape index (κ2) is 16.3. The number of unbranched alkanes of at least 4 members (excludes halogenated alkanes) is 5.